The summed E-state index contributed by atoms with van der Waals surface area (Å²) < 4.78 is 0. The van der Waals surface area contributed by atoms with E-state index in [-0.39, 0.29) is 0 Å². The molecule has 0 aliphatic carbocycles. The van der Waals surface area contributed by atoms with Crippen LogP contribution in [0.2, 0.25) is 0 Å². The van der Waals surface area contributed by atoms with Crippen molar-refractivity contribution in [3.05, 3.63) is 24.3 Å². The Balaban J connectivity index is 2.69. The first-order chi connectivity index (χ1) is 5.40. The summed E-state index contributed by atoms with van der Waals surface area (Å²) in [5.41, 5.74) is 2.19. The molecule has 0 bridgehead atoms. The van der Waals surface area contributed by atoms with Crippen LogP contribution in [0.1, 0.15) is 0 Å². The van der Waals surface area contributed by atoms with Crippen LogP contribution in [0.15, 0.2) is 29.4 Å². The monoisotopic (exact) mass is 213 g/mol. The van der Waals surface area contributed by atoms with Crippen molar-refractivity contribution in [2.75, 3.05) is 0 Å². The zero-order valence-corrected chi connectivity index (χ0v) is 9.66. The van der Waals surface area contributed by atoms with Crippen LogP contribution in [-0.2, 0) is 17.1 Å². The van der Waals surface area contributed by atoms with Crippen LogP contribution in [0.4, 0.5) is 0 Å². The number of benzene rings is 1. The van der Waals surface area contributed by atoms with Crippen LogP contribution >= 0.6 is 9.75 Å². The first-order valence-corrected chi connectivity index (χ1v) is 7.89. The van der Waals surface area contributed by atoms with E-state index in [1.165, 1.54) is 17.1 Å². The average molecular weight is 215 g/mol. The van der Waals surface area contributed by atoms with Crippen molar-refractivity contribution in [3.63, 3.8) is 0 Å². The third-order valence-electron chi connectivity index (χ3n) is 1.50. The molecule has 0 aliphatic rings. The molecule has 2 nitrogen and oxygen atoms in total. The van der Waals surface area contributed by atoms with E-state index >= 15 is 0 Å². The Labute approximate surface area is 77.3 Å². The number of hydrogen-bond acceptors (Lipinski definition) is 2. The molecule has 0 aliphatic heterocycles. The number of para-hydroxylation sites is 2. The van der Waals surface area contributed by atoms with E-state index in [1.54, 1.807) is 9.75 Å². The van der Waals surface area contributed by atoms with Crippen LogP contribution in [0.25, 0.3) is 11.0 Å². The predicted molar refractivity (Wildman–Crippen MR) is 42.0 cm³/mol. The van der Waals surface area contributed by atoms with Crippen molar-refractivity contribution in [3.8, 4) is 0 Å². The van der Waals surface area contributed by atoms with Crippen molar-refractivity contribution in [2.45, 2.75) is 5.16 Å². The first kappa shape index (κ1) is 7.32. The minimum absolute atomic E-state index is 1.03. The number of fused-ring (bicyclic) bond motifs is 1. The number of imidazole rings is 1. The van der Waals surface area contributed by atoms with Crippen molar-refractivity contribution >= 4 is 20.8 Å². The van der Waals surface area contributed by atoms with Gasteiger partial charge in [0.2, 0.25) is 0 Å². The molecule has 2 rings (SSSR count). The van der Waals surface area contributed by atoms with Gasteiger partial charge in [-0.25, -0.2) is 0 Å². The number of hydrogen-bond donors (Lipinski definition) is 1. The van der Waals surface area contributed by atoms with E-state index in [2.05, 4.69) is 9.97 Å². The fourth-order valence-electron chi connectivity index (χ4n) is 0.998. The molecule has 1 heterocycles. The van der Waals surface area contributed by atoms with Gasteiger partial charge in [0.25, 0.3) is 0 Å². The van der Waals surface area contributed by atoms with Gasteiger partial charge in [-0.3, -0.25) is 0 Å². The summed E-state index contributed by atoms with van der Waals surface area (Å²) in [6, 6.07) is 8.08. The Morgan fingerprint density at radius 2 is 2.18 bits per heavy atom. The summed E-state index contributed by atoms with van der Waals surface area (Å²) in [5.74, 6) is 0. The molecular formula is C7H5N2SZn. The first-order valence-electron chi connectivity index (χ1n) is 3.27. The average Bonchev–Trinajstić information content (AvgIpc) is 2.46. The summed E-state index contributed by atoms with van der Waals surface area (Å²) in [7, 11) is 1.75. The molecule has 2 aromatic rings. The second-order valence-corrected chi connectivity index (χ2v) is 4.70. The maximum absolute atomic E-state index is 4.37. The van der Waals surface area contributed by atoms with Gasteiger partial charge in [0.15, 0.2) is 0 Å². The number of aromatic amines is 1. The molecule has 0 atom stereocenters. The fourth-order valence-corrected chi connectivity index (χ4v) is 2.20. The number of aromatic nitrogens is 2. The summed E-state index contributed by atoms with van der Waals surface area (Å²) in [5, 5.41) is 1.03. The zero-order chi connectivity index (χ0) is 7.68. The Morgan fingerprint density at radius 3 is 2.91 bits per heavy atom. The summed E-state index contributed by atoms with van der Waals surface area (Å²) in [4.78, 5) is 7.60. The number of rotatable bonds is 1. The van der Waals surface area contributed by atoms with Gasteiger partial charge >= 0.3 is 77.3 Å². The molecule has 0 saturated heterocycles. The quantitative estimate of drug-likeness (QED) is 0.737. The molecule has 0 fully saturated rings. The number of nitrogens with zero attached hydrogens (tertiary/aromatic N) is 1. The van der Waals surface area contributed by atoms with Crippen LogP contribution in [0.5, 0.6) is 0 Å². The number of H-pyrrole nitrogens is 1. The van der Waals surface area contributed by atoms with Gasteiger partial charge in [0, 0.05) is 0 Å². The molecule has 0 amide bonds. The van der Waals surface area contributed by atoms with Gasteiger partial charge in [0.05, 0.1) is 0 Å². The molecule has 0 radical (unpaired) electrons. The van der Waals surface area contributed by atoms with E-state index in [1.807, 2.05) is 24.3 Å². The number of nitrogens with one attached hydrogen (secondary N) is 1. The molecule has 0 unspecified atom stereocenters. The standard InChI is InChI=1S/C7H6N2S.Zn/c10-7-8-5-3-1-2-4-6(5)9-7;/h1-4H,(H2,8,9,10);/q;+1/p-1. The van der Waals surface area contributed by atoms with E-state index in [0.717, 1.165) is 16.2 Å². The minimum atomic E-state index is 1.03. The van der Waals surface area contributed by atoms with Gasteiger partial charge < -0.3 is 0 Å². The van der Waals surface area contributed by atoms with Crippen molar-refractivity contribution in [1.29, 1.82) is 0 Å². The summed E-state index contributed by atoms with van der Waals surface area (Å²) in [6.07, 6.45) is 0. The molecule has 4 heteroatoms. The van der Waals surface area contributed by atoms with Crippen molar-refractivity contribution in [2.24, 2.45) is 0 Å². The molecule has 1 aromatic carbocycles. The summed E-state index contributed by atoms with van der Waals surface area (Å²) in [6.45, 7) is 0. The molecule has 1 aromatic heterocycles. The second kappa shape index (κ2) is 2.96. The SMILES string of the molecule is [Zn][S]c1nc2ccccc2[nH]1. The van der Waals surface area contributed by atoms with Crippen molar-refractivity contribution in [1.82, 2.24) is 9.97 Å². The van der Waals surface area contributed by atoms with Crippen LogP contribution in [0.3, 0.4) is 0 Å². The zero-order valence-electron chi connectivity index (χ0n) is 5.87. The van der Waals surface area contributed by atoms with Gasteiger partial charge in [-0.15, -0.1) is 0 Å². The van der Waals surface area contributed by atoms with E-state index < -0.39 is 0 Å². The predicted octanol–water partition coefficient (Wildman–Crippen LogP) is 2.12. The molecular weight excluding hydrogens is 210 g/mol. The van der Waals surface area contributed by atoms with E-state index in [9.17, 15) is 0 Å². The molecule has 1 N–H and O–H groups in total. The van der Waals surface area contributed by atoms with Gasteiger partial charge in [-0.2, -0.15) is 0 Å². The molecule has 0 saturated carbocycles. The van der Waals surface area contributed by atoms with Crippen LogP contribution < -0.4 is 0 Å². The van der Waals surface area contributed by atoms with Crippen LogP contribution in [-0.4, -0.2) is 9.97 Å². The molecule has 0 spiro atoms. The van der Waals surface area contributed by atoms with Gasteiger partial charge in [-0.1, -0.05) is 0 Å². The normalized spacial score (nSPS) is 10.7. The topological polar surface area (TPSA) is 28.7 Å². The van der Waals surface area contributed by atoms with Gasteiger partial charge in [-0.05, 0) is 0 Å². The molecule has 11 heavy (non-hydrogen) atoms. The summed E-state index contributed by atoms with van der Waals surface area (Å²) >= 11 is 1.18. The Morgan fingerprint density at radius 1 is 1.36 bits per heavy atom. The van der Waals surface area contributed by atoms with E-state index in [0.29, 0.717) is 0 Å². The molecule has 51 valence electrons. The Hall–Kier alpha value is -0.337. The Kier molecular flexibility index (Phi) is 1.97. The van der Waals surface area contributed by atoms with Crippen LogP contribution in [0, 0.1) is 0 Å². The van der Waals surface area contributed by atoms with Crippen molar-refractivity contribution < 1.29 is 17.1 Å². The van der Waals surface area contributed by atoms with E-state index in [4.69, 9.17) is 0 Å². The third-order valence-corrected chi connectivity index (χ3v) is 3.69. The fraction of sp³-hybridized carbons (Fsp3) is 0. The second-order valence-electron chi connectivity index (χ2n) is 2.20. The maximum atomic E-state index is 4.37. The Bertz CT molecular complexity index is 338. The third kappa shape index (κ3) is 1.33. The van der Waals surface area contributed by atoms with Gasteiger partial charge in [0.1, 0.15) is 0 Å².